The number of hydrogen-bond acceptors (Lipinski definition) is 3. The smallest absolute Gasteiger partial charge is 0.220 e. The van der Waals surface area contributed by atoms with Crippen LogP contribution in [0.5, 0.6) is 0 Å². The molecule has 0 saturated carbocycles. The van der Waals surface area contributed by atoms with Crippen molar-refractivity contribution in [3.63, 3.8) is 0 Å². The van der Waals surface area contributed by atoms with E-state index in [9.17, 15) is 4.79 Å². The molecule has 0 saturated heterocycles. The second-order valence-corrected chi connectivity index (χ2v) is 4.18. The van der Waals surface area contributed by atoms with Crippen molar-refractivity contribution in [1.82, 2.24) is 15.1 Å². The molecule has 3 N–H and O–H groups in total. The molecule has 0 spiro atoms. The number of carbonyl (C=O) groups is 1. The van der Waals surface area contributed by atoms with Gasteiger partial charge in [0, 0.05) is 19.7 Å². The van der Waals surface area contributed by atoms with Gasteiger partial charge in [-0.25, -0.2) is 0 Å². The molecule has 5 heteroatoms. The number of nitrogens with one attached hydrogen (secondary N) is 1. The van der Waals surface area contributed by atoms with Gasteiger partial charge in [0.25, 0.3) is 0 Å². The molecule has 0 fully saturated rings. The summed E-state index contributed by atoms with van der Waals surface area (Å²) >= 11 is 0. The monoisotopic (exact) mass is 238 g/mol. The van der Waals surface area contributed by atoms with E-state index in [1.807, 2.05) is 13.1 Å². The first kappa shape index (κ1) is 13.7. The molecule has 1 heterocycles. The van der Waals surface area contributed by atoms with Gasteiger partial charge in [-0.2, -0.15) is 5.10 Å². The minimum atomic E-state index is 0.110. The van der Waals surface area contributed by atoms with Crippen molar-refractivity contribution in [3.8, 4) is 0 Å². The molecule has 0 aliphatic carbocycles. The third-order valence-corrected chi connectivity index (χ3v) is 2.75. The number of carbonyl (C=O) groups excluding carboxylic acids is 1. The minimum absolute atomic E-state index is 0.110. The highest BCUT2D eigenvalue weighted by Gasteiger charge is 2.03. The average molecular weight is 238 g/mol. The van der Waals surface area contributed by atoms with E-state index in [-0.39, 0.29) is 5.91 Å². The van der Waals surface area contributed by atoms with Crippen molar-refractivity contribution in [2.75, 3.05) is 6.54 Å². The van der Waals surface area contributed by atoms with Crippen molar-refractivity contribution in [1.29, 1.82) is 0 Å². The minimum Gasteiger partial charge on any atom is -0.350 e. The van der Waals surface area contributed by atoms with Crippen LogP contribution in [-0.2, 0) is 18.4 Å². The zero-order chi connectivity index (χ0) is 12.5. The third kappa shape index (κ3) is 5.49. The van der Waals surface area contributed by atoms with E-state index in [4.69, 9.17) is 5.73 Å². The van der Waals surface area contributed by atoms with Crippen molar-refractivity contribution >= 4 is 5.91 Å². The maximum absolute atomic E-state index is 11.5. The van der Waals surface area contributed by atoms with Crippen LogP contribution in [0.2, 0.25) is 0 Å². The fourth-order valence-electron chi connectivity index (χ4n) is 1.64. The molecule has 0 unspecified atom stereocenters. The zero-order valence-electron chi connectivity index (χ0n) is 10.5. The van der Waals surface area contributed by atoms with E-state index in [1.165, 1.54) is 0 Å². The molecule has 1 aromatic heterocycles. The molecule has 0 atom stereocenters. The van der Waals surface area contributed by atoms with Gasteiger partial charge < -0.3 is 11.1 Å². The van der Waals surface area contributed by atoms with Gasteiger partial charge in [0.1, 0.15) is 0 Å². The lowest BCUT2D eigenvalue weighted by Gasteiger charge is -2.05. The molecule has 0 aromatic carbocycles. The van der Waals surface area contributed by atoms with Gasteiger partial charge in [0.05, 0.1) is 12.2 Å². The molecule has 0 aliphatic heterocycles. The number of rotatable bonds is 8. The van der Waals surface area contributed by atoms with Crippen LogP contribution in [0, 0.1) is 0 Å². The van der Waals surface area contributed by atoms with Crippen LogP contribution in [0.25, 0.3) is 0 Å². The number of nitrogens with zero attached hydrogens (tertiary/aromatic N) is 2. The van der Waals surface area contributed by atoms with E-state index >= 15 is 0 Å². The van der Waals surface area contributed by atoms with Crippen LogP contribution in [0.1, 0.15) is 37.8 Å². The number of unbranched alkanes of at least 4 members (excludes halogenated alkanes) is 3. The van der Waals surface area contributed by atoms with E-state index in [0.29, 0.717) is 13.0 Å². The molecular formula is C12H22N4O. The molecule has 1 rings (SSSR count). The first-order valence-corrected chi connectivity index (χ1v) is 6.17. The van der Waals surface area contributed by atoms with E-state index in [2.05, 4.69) is 10.4 Å². The van der Waals surface area contributed by atoms with Crippen molar-refractivity contribution in [2.24, 2.45) is 12.8 Å². The lowest BCUT2D eigenvalue weighted by Crippen LogP contribution is -2.23. The highest BCUT2D eigenvalue weighted by Crippen LogP contribution is 2.02. The zero-order valence-corrected chi connectivity index (χ0v) is 10.5. The number of nitrogens with two attached hydrogens (primary N) is 1. The van der Waals surface area contributed by atoms with E-state index < -0.39 is 0 Å². The molecule has 5 nitrogen and oxygen atoms in total. The lowest BCUT2D eigenvalue weighted by atomic mass is 10.1. The van der Waals surface area contributed by atoms with Gasteiger partial charge in [-0.1, -0.05) is 12.8 Å². The van der Waals surface area contributed by atoms with Gasteiger partial charge in [0.15, 0.2) is 0 Å². The first-order chi connectivity index (χ1) is 8.24. The van der Waals surface area contributed by atoms with Crippen molar-refractivity contribution in [3.05, 3.63) is 18.0 Å². The predicted octanol–water partition coefficient (Wildman–Crippen LogP) is 0.945. The Morgan fingerprint density at radius 3 is 2.82 bits per heavy atom. The molecular weight excluding hydrogens is 216 g/mol. The Hall–Kier alpha value is -1.36. The van der Waals surface area contributed by atoms with Crippen LogP contribution in [0.3, 0.4) is 0 Å². The second-order valence-electron chi connectivity index (χ2n) is 4.18. The van der Waals surface area contributed by atoms with Crippen molar-refractivity contribution < 1.29 is 4.79 Å². The number of aromatic nitrogens is 2. The Kier molecular flexibility index (Phi) is 6.32. The summed E-state index contributed by atoms with van der Waals surface area (Å²) in [4.78, 5) is 11.5. The Morgan fingerprint density at radius 2 is 2.18 bits per heavy atom. The molecule has 17 heavy (non-hydrogen) atoms. The van der Waals surface area contributed by atoms with E-state index in [0.717, 1.165) is 37.9 Å². The molecule has 96 valence electrons. The maximum Gasteiger partial charge on any atom is 0.220 e. The van der Waals surface area contributed by atoms with Crippen LogP contribution in [-0.4, -0.2) is 22.2 Å². The lowest BCUT2D eigenvalue weighted by molar-refractivity contribution is -0.121. The van der Waals surface area contributed by atoms with Gasteiger partial charge in [-0.15, -0.1) is 0 Å². The van der Waals surface area contributed by atoms with Crippen LogP contribution in [0.15, 0.2) is 12.3 Å². The largest absolute Gasteiger partial charge is 0.350 e. The Morgan fingerprint density at radius 1 is 1.41 bits per heavy atom. The average Bonchev–Trinajstić information content (AvgIpc) is 2.72. The predicted molar refractivity (Wildman–Crippen MR) is 67.2 cm³/mol. The van der Waals surface area contributed by atoms with Gasteiger partial charge >= 0.3 is 0 Å². The molecule has 0 bridgehead atoms. The fourth-order valence-corrected chi connectivity index (χ4v) is 1.64. The third-order valence-electron chi connectivity index (χ3n) is 2.75. The summed E-state index contributed by atoms with van der Waals surface area (Å²) in [7, 11) is 1.87. The van der Waals surface area contributed by atoms with Gasteiger partial charge in [0.2, 0.25) is 5.91 Å². The summed E-state index contributed by atoms with van der Waals surface area (Å²) < 4.78 is 1.77. The number of amides is 1. The van der Waals surface area contributed by atoms with Gasteiger partial charge in [-0.3, -0.25) is 9.48 Å². The normalized spacial score (nSPS) is 10.5. The molecule has 1 aromatic rings. The standard InChI is InChI=1S/C12H22N4O/c1-16-11(7-9-15-16)10-14-12(17)6-4-2-3-5-8-13/h7,9H,2-6,8,10,13H2,1H3,(H,14,17). The molecule has 0 radical (unpaired) electrons. The summed E-state index contributed by atoms with van der Waals surface area (Å²) in [5.41, 5.74) is 6.41. The van der Waals surface area contributed by atoms with Crippen LogP contribution >= 0.6 is 0 Å². The Balaban J connectivity index is 2.07. The Labute approximate surface area is 102 Å². The van der Waals surface area contributed by atoms with E-state index in [1.54, 1.807) is 10.9 Å². The summed E-state index contributed by atoms with van der Waals surface area (Å²) in [5.74, 6) is 0.110. The summed E-state index contributed by atoms with van der Waals surface area (Å²) in [6.45, 7) is 1.30. The summed E-state index contributed by atoms with van der Waals surface area (Å²) in [6, 6.07) is 1.90. The maximum atomic E-state index is 11.5. The Bertz CT molecular complexity index is 335. The highest BCUT2D eigenvalue weighted by atomic mass is 16.1. The van der Waals surface area contributed by atoms with Crippen molar-refractivity contribution in [2.45, 2.75) is 38.6 Å². The molecule has 1 amide bonds. The van der Waals surface area contributed by atoms with Gasteiger partial charge in [-0.05, 0) is 25.5 Å². The fraction of sp³-hybridized carbons (Fsp3) is 0.667. The van der Waals surface area contributed by atoms with Crippen LogP contribution in [0.4, 0.5) is 0 Å². The number of aryl methyl sites for hydroxylation is 1. The topological polar surface area (TPSA) is 72.9 Å². The number of hydrogen-bond donors (Lipinski definition) is 2. The first-order valence-electron chi connectivity index (χ1n) is 6.17. The quantitative estimate of drug-likeness (QED) is 0.662. The molecule has 0 aliphatic rings. The summed E-state index contributed by atoms with van der Waals surface area (Å²) in [5, 5.41) is 6.94. The SMILES string of the molecule is Cn1nccc1CNC(=O)CCCCCCN. The highest BCUT2D eigenvalue weighted by molar-refractivity contribution is 5.75. The summed E-state index contributed by atoms with van der Waals surface area (Å²) in [6.07, 6.45) is 6.52. The second kappa shape index (κ2) is 7.84. The van der Waals surface area contributed by atoms with Crippen LogP contribution < -0.4 is 11.1 Å².